The minimum absolute atomic E-state index is 0.137. The van der Waals surface area contributed by atoms with Gasteiger partial charge >= 0.3 is 0 Å². The Balaban J connectivity index is 1.80. The predicted octanol–water partition coefficient (Wildman–Crippen LogP) is 3.62. The summed E-state index contributed by atoms with van der Waals surface area (Å²) < 4.78 is 16.0. The van der Waals surface area contributed by atoms with Gasteiger partial charge in [0.1, 0.15) is 17.2 Å². The first kappa shape index (κ1) is 19.0. The number of nitrogens with one attached hydrogen (secondary N) is 2. The summed E-state index contributed by atoms with van der Waals surface area (Å²) in [6, 6.07) is 11.4. The summed E-state index contributed by atoms with van der Waals surface area (Å²) in [6.07, 6.45) is 1.81. The van der Waals surface area contributed by atoms with Crippen LogP contribution in [-0.4, -0.2) is 32.7 Å². The van der Waals surface area contributed by atoms with Crippen LogP contribution < -0.4 is 24.8 Å². The molecule has 1 heterocycles. The third-order valence-electron chi connectivity index (χ3n) is 4.10. The molecule has 0 aromatic heterocycles. The number of thioether (sulfide) groups is 1. The maximum Gasteiger partial charge on any atom is 0.260 e. The zero-order valence-electron chi connectivity index (χ0n) is 15.7. The average Bonchev–Trinajstić information content (AvgIpc) is 3.01. The standard InChI is InChI=1S/C20H22N2O4S/c1-12-5-8-16(25-3)15(9-12)21-20-22-19(23)18(27-20)10-13-6-7-14(24-2)11-17(13)26-4/h5-11,20-21H,1-4H3,(H,22,23)/b18-10-. The van der Waals surface area contributed by atoms with E-state index in [1.54, 1.807) is 27.4 Å². The molecule has 3 rings (SSSR count). The van der Waals surface area contributed by atoms with Crippen molar-refractivity contribution in [2.45, 2.75) is 12.4 Å². The second kappa shape index (κ2) is 8.26. The summed E-state index contributed by atoms with van der Waals surface area (Å²) in [7, 11) is 4.81. The van der Waals surface area contributed by atoms with Gasteiger partial charge in [-0.05, 0) is 42.8 Å². The van der Waals surface area contributed by atoms with Crippen molar-refractivity contribution in [3.63, 3.8) is 0 Å². The lowest BCUT2D eigenvalue weighted by Crippen LogP contribution is -2.31. The fourth-order valence-electron chi connectivity index (χ4n) is 2.72. The van der Waals surface area contributed by atoms with Crippen molar-refractivity contribution >= 4 is 29.4 Å². The molecule has 0 spiro atoms. The van der Waals surface area contributed by atoms with Crippen molar-refractivity contribution in [3.8, 4) is 17.2 Å². The quantitative estimate of drug-likeness (QED) is 0.739. The first-order valence-electron chi connectivity index (χ1n) is 8.36. The third-order valence-corrected chi connectivity index (χ3v) is 5.13. The van der Waals surface area contributed by atoms with Crippen LogP contribution in [0.4, 0.5) is 5.69 Å². The van der Waals surface area contributed by atoms with Gasteiger partial charge in [0.05, 0.1) is 31.9 Å². The SMILES string of the molecule is COc1ccc(/C=C2\SC(Nc3cc(C)ccc3OC)NC2=O)c(OC)c1. The summed E-state index contributed by atoms with van der Waals surface area (Å²) in [5.41, 5.74) is 2.46. The summed E-state index contributed by atoms with van der Waals surface area (Å²) in [5, 5.41) is 6.24. The number of amides is 1. The molecule has 1 atom stereocenters. The minimum atomic E-state index is -0.288. The van der Waals surface area contributed by atoms with E-state index in [9.17, 15) is 4.79 Å². The molecule has 1 aliphatic heterocycles. The number of carbonyl (C=O) groups is 1. The monoisotopic (exact) mass is 386 g/mol. The number of methoxy groups -OCH3 is 3. The Morgan fingerprint density at radius 2 is 1.81 bits per heavy atom. The molecule has 0 radical (unpaired) electrons. The molecule has 1 aliphatic rings. The molecule has 1 saturated heterocycles. The first-order valence-corrected chi connectivity index (χ1v) is 9.24. The van der Waals surface area contributed by atoms with Crippen LogP contribution in [0.3, 0.4) is 0 Å². The fourth-order valence-corrected chi connectivity index (χ4v) is 3.69. The predicted molar refractivity (Wildman–Crippen MR) is 108 cm³/mol. The molecule has 2 aromatic carbocycles. The van der Waals surface area contributed by atoms with Crippen LogP contribution in [0.2, 0.25) is 0 Å². The van der Waals surface area contributed by atoms with Crippen molar-refractivity contribution < 1.29 is 19.0 Å². The Morgan fingerprint density at radius 1 is 1.04 bits per heavy atom. The topological polar surface area (TPSA) is 68.8 Å². The van der Waals surface area contributed by atoms with Gasteiger partial charge in [-0.15, -0.1) is 0 Å². The average molecular weight is 386 g/mol. The van der Waals surface area contributed by atoms with Crippen LogP contribution in [0.5, 0.6) is 17.2 Å². The van der Waals surface area contributed by atoms with Crippen LogP contribution in [-0.2, 0) is 4.79 Å². The Labute approximate surface area is 162 Å². The van der Waals surface area contributed by atoms with E-state index in [0.717, 1.165) is 22.6 Å². The molecule has 142 valence electrons. The molecule has 6 nitrogen and oxygen atoms in total. The fraction of sp³-hybridized carbons (Fsp3) is 0.250. The van der Waals surface area contributed by atoms with E-state index in [0.29, 0.717) is 16.4 Å². The number of aryl methyl sites for hydroxylation is 1. The molecule has 1 unspecified atom stereocenters. The van der Waals surface area contributed by atoms with E-state index in [2.05, 4.69) is 10.6 Å². The number of anilines is 1. The van der Waals surface area contributed by atoms with E-state index >= 15 is 0 Å². The van der Waals surface area contributed by atoms with Gasteiger partial charge in [-0.2, -0.15) is 0 Å². The van der Waals surface area contributed by atoms with Crippen molar-refractivity contribution in [1.82, 2.24) is 5.32 Å². The molecular formula is C20H22N2O4S. The second-order valence-electron chi connectivity index (χ2n) is 5.94. The van der Waals surface area contributed by atoms with E-state index in [1.807, 2.05) is 43.3 Å². The van der Waals surface area contributed by atoms with E-state index in [-0.39, 0.29) is 11.4 Å². The number of benzene rings is 2. The first-order chi connectivity index (χ1) is 13.0. The van der Waals surface area contributed by atoms with Gasteiger partial charge in [-0.3, -0.25) is 4.79 Å². The number of hydrogen-bond acceptors (Lipinski definition) is 6. The Hall–Kier alpha value is -2.80. The largest absolute Gasteiger partial charge is 0.497 e. The lowest BCUT2D eigenvalue weighted by Gasteiger charge is -2.16. The highest BCUT2D eigenvalue weighted by molar-refractivity contribution is 8.05. The van der Waals surface area contributed by atoms with Gasteiger partial charge in [0, 0.05) is 11.6 Å². The van der Waals surface area contributed by atoms with Crippen LogP contribution in [0.25, 0.3) is 6.08 Å². The number of carbonyl (C=O) groups excluding carboxylic acids is 1. The maximum absolute atomic E-state index is 12.4. The normalized spacial score (nSPS) is 17.6. The van der Waals surface area contributed by atoms with Crippen molar-refractivity contribution in [3.05, 3.63) is 52.4 Å². The molecule has 1 fully saturated rings. The summed E-state index contributed by atoms with van der Waals surface area (Å²) in [6.45, 7) is 2.01. The lowest BCUT2D eigenvalue weighted by molar-refractivity contribution is -0.116. The highest BCUT2D eigenvalue weighted by Gasteiger charge is 2.28. The van der Waals surface area contributed by atoms with Crippen molar-refractivity contribution in [2.24, 2.45) is 0 Å². The van der Waals surface area contributed by atoms with Gasteiger partial charge < -0.3 is 24.8 Å². The molecule has 0 bridgehead atoms. The maximum atomic E-state index is 12.4. The van der Waals surface area contributed by atoms with Crippen molar-refractivity contribution in [1.29, 1.82) is 0 Å². The Morgan fingerprint density at radius 3 is 2.52 bits per heavy atom. The molecule has 0 saturated carbocycles. The molecule has 7 heteroatoms. The minimum Gasteiger partial charge on any atom is -0.497 e. The van der Waals surface area contributed by atoms with Gasteiger partial charge in [0.2, 0.25) is 0 Å². The summed E-state index contributed by atoms with van der Waals surface area (Å²) in [5.74, 6) is 1.93. The van der Waals surface area contributed by atoms with Crippen LogP contribution in [0.15, 0.2) is 41.3 Å². The Kier molecular flexibility index (Phi) is 5.81. The zero-order chi connectivity index (χ0) is 19.4. The zero-order valence-corrected chi connectivity index (χ0v) is 16.5. The highest BCUT2D eigenvalue weighted by atomic mass is 32.2. The van der Waals surface area contributed by atoms with Gasteiger partial charge in [-0.1, -0.05) is 17.8 Å². The van der Waals surface area contributed by atoms with Crippen LogP contribution in [0.1, 0.15) is 11.1 Å². The number of ether oxygens (including phenoxy) is 3. The molecule has 2 aromatic rings. The highest BCUT2D eigenvalue weighted by Crippen LogP contribution is 2.35. The molecule has 2 N–H and O–H groups in total. The smallest absolute Gasteiger partial charge is 0.260 e. The van der Waals surface area contributed by atoms with E-state index in [1.165, 1.54) is 11.8 Å². The lowest BCUT2D eigenvalue weighted by atomic mass is 10.1. The third kappa shape index (κ3) is 4.31. The van der Waals surface area contributed by atoms with Crippen LogP contribution in [0, 0.1) is 6.92 Å². The summed E-state index contributed by atoms with van der Waals surface area (Å²) in [4.78, 5) is 13.0. The number of rotatable bonds is 6. The second-order valence-corrected chi connectivity index (χ2v) is 7.08. The molecular weight excluding hydrogens is 364 g/mol. The Bertz CT molecular complexity index is 882. The van der Waals surface area contributed by atoms with Gasteiger partial charge in [0.25, 0.3) is 5.91 Å². The van der Waals surface area contributed by atoms with E-state index in [4.69, 9.17) is 14.2 Å². The van der Waals surface area contributed by atoms with E-state index < -0.39 is 0 Å². The molecule has 1 amide bonds. The van der Waals surface area contributed by atoms with Gasteiger partial charge in [0.15, 0.2) is 5.50 Å². The number of hydrogen-bond donors (Lipinski definition) is 2. The molecule has 27 heavy (non-hydrogen) atoms. The summed E-state index contributed by atoms with van der Waals surface area (Å²) >= 11 is 1.41. The van der Waals surface area contributed by atoms with Crippen molar-refractivity contribution in [2.75, 3.05) is 26.6 Å². The van der Waals surface area contributed by atoms with Crippen LogP contribution >= 0.6 is 11.8 Å². The van der Waals surface area contributed by atoms with Gasteiger partial charge in [-0.25, -0.2) is 0 Å². The molecule has 0 aliphatic carbocycles.